The third-order valence-corrected chi connectivity index (χ3v) is 4.30. The highest BCUT2D eigenvalue weighted by Crippen LogP contribution is 2.41. The van der Waals surface area contributed by atoms with Crippen molar-refractivity contribution < 1.29 is 14.6 Å². The highest BCUT2D eigenvalue weighted by atomic mass is 16.5. The molecule has 4 heteroatoms. The molecule has 1 aromatic rings. The Morgan fingerprint density at radius 3 is 2.70 bits per heavy atom. The van der Waals surface area contributed by atoms with E-state index in [1.54, 1.807) is 7.11 Å². The minimum atomic E-state index is -0.695. The van der Waals surface area contributed by atoms with Gasteiger partial charge in [0.2, 0.25) is 0 Å². The predicted molar refractivity (Wildman–Crippen MR) is 76.8 cm³/mol. The van der Waals surface area contributed by atoms with Gasteiger partial charge >= 0.3 is 0 Å². The zero-order valence-corrected chi connectivity index (χ0v) is 12.0. The van der Waals surface area contributed by atoms with Gasteiger partial charge in [0.05, 0.1) is 13.7 Å². The summed E-state index contributed by atoms with van der Waals surface area (Å²) in [6, 6.07) is 8.55. The van der Waals surface area contributed by atoms with Gasteiger partial charge in [0.15, 0.2) is 0 Å². The Balaban J connectivity index is 1.65. The van der Waals surface area contributed by atoms with E-state index < -0.39 is 5.60 Å². The van der Waals surface area contributed by atoms with Crippen LogP contribution >= 0.6 is 0 Å². The van der Waals surface area contributed by atoms with Crippen LogP contribution in [-0.4, -0.2) is 37.6 Å². The Bertz CT molecular complexity index is 436. The van der Waals surface area contributed by atoms with Gasteiger partial charge in [-0.3, -0.25) is 0 Å². The zero-order valence-electron chi connectivity index (χ0n) is 12.0. The summed E-state index contributed by atoms with van der Waals surface area (Å²) < 4.78 is 10.5. The number of nitrogens with one attached hydrogen (secondary N) is 1. The molecule has 1 aliphatic heterocycles. The lowest BCUT2D eigenvalue weighted by Crippen LogP contribution is -2.42. The fourth-order valence-electron chi connectivity index (χ4n) is 2.83. The molecule has 0 amide bonds. The predicted octanol–water partition coefficient (Wildman–Crippen LogP) is 1.89. The molecule has 1 heterocycles. The fraction of sp³-hybridized carbons (Fsp3) is 0.625. The Hall–Kier alpha value is -1.10. The molecular formula is C16H23NO3. The molecule has 2 aliphatic rings. The maximum Gasteiger partial charge on any atom is 0.118 e. The van der Waals surface area contributed by atoms with Gasteiger partial charge in [-0.25, -0.2) is 0 Å². The van der Waals surface area contributed by atoms with E-state index in [1.807, 2.05) is 12.1 Å². The summed E-state index contributed by atoms with van der Waals surface area (Å²) in [7, 11) is 1.68. The van der Waals surface area contributed by atoms with Crippen LogP contribution in [0.25, 0.3) is 0 Å². The largest absolute Gasteiger partial charge is 0.497 e. The van der Waals surface area contributed by atoms with Crippen molar-refractivity contribution in [2.75, 3.05) is 26.9 Å². The maximum absolute atomic E-state index is 10.4. The SMILES string of the molecule is COc1ccc(C(NCC2(O)CCOC2)C2CC2)cc1. The van der Waals surface area contributed by atoms with Crippen LogP contribution in [0.5, 0.6) is 5.75 Å². The number of rotatable bonds is 6. The van der Waals surface area contributed by atoms with Crippen LogP contribution in [0, 0.1) is 5.92 Å². The fourth-order valence-corrected chi connectivity index (χ4v) is 2.83. The first-order chi connectivity index (χ1) is 9.70. The maximum atomic E-state index is 10.4. The first kappa shape index (κ1) is 13.9. The average Bonchev–Trinajstić information content (AvgIpc) is 3.22. The summed E-state index contributed by atoms with van der Waals surface area (Å²) in [6.45, 7) is 1.70. The summed E-state index contributed by atoms with van der Waals surface area (Å²) in [5.41, 5.74) is 0.579. The van der Waals surface area contributed by atoms with Crippen molar-refractivity contribution in [1.29, 1.82) is 0 Å². The van der Waals surface area contributed by atoms with E-state index in [0.29, 0.717) is 31.7 Å². The van der Waals surface area contributed by atoms with Crippen LogP contribution < -0.4 is 10.1 Å². The Kier molecular flexibility index (Phi) is 3.96. The summed E-state index contributed by atoms with van der Waals surface area (Å²) >= 11 is 0. The topological polar surface area (TPSA) is 50.7 Å². The molecule has 2 N–H and O–H groups in total. The van der Waals surface area contributed by atoms with E-state index in [0.717, 1.165) is 12.2 Å². The Morgan fingerprint density at radius 1 is 1.40 bits per heavy atom. The van der Waals surface area contributed by atoms with Gasteiger partial charge in [-0.05, 0) is 36.5 Å². The van der Waals surface area contributed by atoms with E-state index in [-0.39, 0.29) is 0 Å². The first-order valence-electron chi connectivity index (χ1n) is 7.38. The summed E-state index contributed by atoms with van der Waals surface area (Å²) in [4.78, 5) is 0. The van der Waals surface area contributed by atoms with Gasteiger partial charge in [0.1, 0.15) is 11.4 Å². The smallest absolute Gasteiger partial charge is 0.118 e. The van der Waals surface area contributed by atoms with E-state index in [4.69, 9.17) is 9.47 Å². The number of ether oxygens (including phenoxy) is 2. The van der Waals surface area contributed by atoms with Crippen molar-refractivity contribution >= 4 is 0 Å². The minimum absolute atomic E-state index is 0.325. The van der Waals surface area contributed by atoms with E-state index >= 15 is 0 Å². The molecule has 2 atom stereocenters. The van der Waals surface area contributed by atoms with E-state index in [1.165, 1.54) is 18.4 Å². The van der Waals surface area contributed by atoms with Gasteiger partial charge in [-0.15, -0.1) is 0 Å². The lowest BCUT2D eigenvalue weighted by molar-refractivity contribution is 0.0241. The zero-order chi connectivity index (χ0) is 14.0. The lowest BCUT2D eigenvalue weighted by atomic mass is 9.99. The Labute approximate surface area is 120 Å². The van der Waals surface area contributed by atoms with Crippen molar-refractivity contribution in [2.45, 2.75) is 30.9 Å². The van der Waals surface area contributed by atoms with Crippen molar-refractivity contribution in [3.63, 3.8) is 0 Å². The molecule has 110 valence electrons. The molecular weight excluding hydrogens is 254 g/mol. The molecule has 1 aromatic carbocycles. The minimum Gasteiger partial charge on any atom is -0.497 e. The molecule has 1 saturated heterocycles. The molecule has 0 spiro atoms. The average molecular weight is 277 g/mol. The van der Waals surface area contributed by atoms with Gasteiger partial charge in [0, 0.05) is 25.6 Å². The second kappa shape index (κ2) is 5.72. The van der Waals surface area contributed by atoms with E-state index in [9.17, 15) is 5.11 Å². The molecule has 3 rings (SSSR count). The van der Waals surface area contributed by atoms with Crippen LogP contribution in [0.3, 0.4) is 0 Å². The van der Waals surface area contributed by atoms with Crippen molar-refractivity contribution in [2.24, 2.45) is 5.92 Å². The quantitative estimate of drug-likeness (QED) is 0.833. The number of aliphatic hydroxyl groups is 1. The highest BCUT2D eigenvalue weighted by molar-refractivity contribution is 5.30. The number of methoxy groups -OCH3 is 1. The monoisotopic (exact) mass is 277 g/mol. The molecule has 20 heavy (non-hydrogen) atoms. The van der Waals surface area contributed by atoms with Crippen LogP contribution in [0.15, 0.2) is 24.3 Å². The van der Waals surface area contributed by atoms with Crippen molar-refractivity contribution in [1.82, 2.24) is 5.32 Å². The standard InChI is InChI=1S/C16H23NO3/c1-19-14-6-4-13(5-7-14)15(12-2-3-12)17-10-16(18)8-9-20-11-16/h4-7,12,15,17-18H,2-3,8-11H2,1H3. The highest BCUT2D eigenvalue weighted by Gasteiger charge is 2.36. The van der Waals surface area contributed by atoms with Crippen LogP contribution in [0.1, 0.15) is 30.9 Å². The molecule has 1 aliphatic carbocycles. The molecule has 2 fully saturated rings. The van der Waals surface area contributed by atoms with E-state index in [2.05, 4.69) is 17.4 Å². The number of benzene rings is 1. The van der Waals surface area contributed by atoms with Crippen LogP contribution in [0.2, 0.25) is 0 Å². The lowest BCUT2D eigenvalue weighted by Gasteiger charge is -2.26. The molecule has 1 saturated carbocycles. The summed E-state index contributed by atoms with van der Waals surface area (Å²) in [5, 5.41) is 13.9. The molecule has 0 radical (unpaired) electrons. The second-order valence-electron chi connectivity index (χ2n) is 6.00. The summed E-state index contributed by atoms with van der Waals surface area (Å²) in [6.07, 6.45) is 3.25. The molecule has 0 bridgehead atoms. The first-order valence-corrected chi connectivity index (χ1v) is 7.38. The number of hydrogen-bond acceptors (Lipinski definition) is 4. The third kappa shape index (κ3) is 3.14. The molecule has 0 aromatic heterocycles. The second-order valence-corrected chi connectivity index (χ2v) is 6.00. The van der Waals surface area contributed by atoms with Gasteiger partial charge in [0.25, 0.3) is 0 Å². The van der Waals surface area contributed by atoms with Crippen LogP contribution in [0.4, 0.5) is 0 Å². The summed E-state index contributed by atoms with van der Waals surface area (Å²) in [5.74, 6) is 1.57. The van der Waals surface area contributed by atoms with Gasteiger partial charge in [-0.1, -0.05) is 12.1 Å². The normalized spacial score (nSPS) is 27.5. The van der Waals surface area contributed by atoms with Crippen molar-refractivity contribution in [3.8, 4) is 5.75 Å². The van der Waals surface area contributed by atoms with Gasteiger partial charge < -0.3 is 19.9 Å². The number of hydrogen-bond donors (Lipinski definition) is 2. The Morgan fingerprint density at radius 2 is 2.15 bits per heavy atom. The molecule has 4 nitrogen and oxygen atoms in total. The van der Waals surface area contributed by atoms with Gasteiger partial charge in [-0.2, -0.15) is 0 Å². The van der Waals surface area contributed by atoms with Crippen LogP contribution in [-0.2, 0) is 4.74 Å². The third-order valence-electron chi connectivity index (χ3n) is 4.30. The molecule has 2 unspecified atom stereocenters. The van der Waals surface area contributed by atoms with Crippen molar-refractivity contribution in [3.05, 3.63) is 29.8 Å².